The van der Waals surface area contributed by atoms with Gasteiger partial charge in [0.15, 0.2) is 0 Å². The van der Waals surface area contributed by atoms with Gasteiger partial charge in [0.25, 0.3) is 10.0 Å². The summed E-state index contributed by atoms with van der Waals surface area (Å²) in [5.74, 6) is 0. The minimum absolute atomic E-state index is 0.315. The number of rotatable bonds is 5. The van der Waals surface area contributed by atoms with E-state index in [0.29, 0.717) is 17.0 Å². The number of hydrogen-bond donors (Lipinski definition) is 1. The van der Waals surface area contributed by atoms with E-state index in [1.54, 1.807) is 24.3 Å². The Hall–Kier alpha value is -1.53. The minimum Gasteiger partial charge on any atom is -0.378 e. The molecule has 0 spiro atoms. The smallest absolute Gasteiger partial charge is 0.262 e. The van der Waals surface area contributed by atoms with Gasteiger partial charge >= 0.3 is 0 Å². The molecule has 4 nitrogen and oxygen atoms in total. The van der Waals surface area contributed by atoms with E-state index in [1.807, 2.05) is 44.1 Å². The minimum atomic E-state index is -3.59. The van der Waals surface area contributed by atoms with Crippen LogP contribution in [0.4, 0.5) is 11.4 Å². The number of nitrogens with zero attached hydrogens (tertiary/aromatic N) is 1. The summed E-state index contributed by atoms with van der Waals surface area (Å²) in [6, 6.07) is 12.5. The van der Waals surface area contributed by atoms with Gasteiger partial charge in [-0.3, -0.25) is 4.72 Å². The molecule has 0 aliphatic heterocycles. The Labute approximate surface area is 140 Å². The van der Waals surface area contributed by atoms with Crippen LogP contribution >= 0.6 is 15.9 Å². The first-order chi connectivity index (χ1) is 10.3. The first-order valence-electron chi connectivity index (χ1n) is 6.92. The van der Waals surface area contributed by atoms with Gasteiger partial charge in [-0.15, -0.1) is 0 Å². The molecule has 0 radical (unpaired) electrons. The predicted molar refractivity (Wildman–Crippen MR) is 95.1 cm³/mol. The van der Waals surface area contributed by atoms with Gasteiger partial charge in [-0.05, 0) is 54.4 Å². The van der Waals surface area contributed by atoms with Crippen molar-refractivity contribution >= 4 is 37.3 Å². The standard InChI is InChI=1S/C16H19BrN2O2S/c1-4-12-11-13(17)5-10-16(12)22(20,21)18-14-6-8-15(9-7-14)19(2)3/h5-11,18H,4H2,1-3H3. The van der Waals surface area contributed by atoms with Crippen molar-refractivity contribution in [2.45, 2.75) is 18.2 Å². The molecule has 2 rings (SSSR count). The summed E-state index contributed by atoms with van der Waals surface area (Å²) in [7, 11) is 0.288. The molecule has 0 aliphatic rings. The fourth-order valence-electron chi connectivity index (χ4n) is 2.12. The third-order valence-corrected chi connectivity index (χ3v) is 5.30. The molecule has 0 aromatic heterocycles. The fourth-order valence-corrected chi connectivity index (χ4v) is 3.88. The summed E-state index contributed by atoms with van der Waals surface area (Å²) in [5, 5.41) is 0. The lowest BCUT2D eigenvalue weighted by Crippen LogP contribution is -2.15. The Morgan fingerprint density at radius 3 is 2.27 bits per heavy atom. The van der Waals surface area contributed by atoms with Crippen LogP contribution in [0.1, 0.15) is 12.5 Å². The van der Waals surface area contributed by atoms with Gasteiger partial charge in [0, 0.05) is 29.9 Å². The second-order valence-corrected chi connectivity index (χ2v) is 7.72. The molecule has 0 bridgehead atoms. The number of sulfonamides is 1. The first-order valence-corrected chi connectivity index (χ1v) is 9.19. The number of nitrogens with one attached hydrogen (secondary N) is 1. The number of hydrogen-bond acceptors (Lipinski definition) is 3. The summed E-state index contributed by atoms with van der Waals surface area (Å²) in [6.07, 6.45) is 0.648. The van der Waals surface area contributed by atoms with Crippen molar-refractivity contribution < 1.29 is 8.42 Å². The zero-order chi connectivity index (χ0) is 16.3. The lowest BCUT2D eigenvalue weighted by molar-refractivity contribution is 0.600. The lowest BCUT2D eigenvalue weighted by atomic mass is 10.2. The average Bonchev–Trinajstić information content (AvgIpc) is 2.46. The molecule has 2 aromatic carbocycles. The second kappa shape index (κ2) is 6.71. The molecule has 0 saturated heterocycles. The molecule has 6 heteroatoms. The highest BCUT2D eigenvalue weighted by Crippen LogP contribution is 2.24. The van der Waals surface area contributed by atoms with E-state index >= 15 is 0 Å². The van der Waals surface area contributed by atoms with E-state index in [0.717, 1.165) is 15.7 Å². The summed E-state index contributed by atoms with van der Waals surface area (Å²) < 4.78 is 28.7. The van der Waals surface area contributed by atoms with Crippen molar-refractivity contribution in [1.29, 1.82) is 0 Å². The van der Waals surface area contributed by atoms with Gasteiger partial charge in [-0.25, -0.2) is 8.42 Å². The van der Waals surface area contributed by atoms with Gasteiger partial charge in [0.1, 0.15) is 0 Å². The maximum atomic E-state index is 12.6. The van der Waals surface area contributed by atoms with Gasteiger partial charge in [0.05, 0.1) is 4.90 Å². The first kappa shape index (κ1) is 16.8. The maximum absolute atomic E-state index is 12.6. The van der Waals surface area contributed by atoms with Crippen molar-refractivity contribution in [3.63, 3.8) is 0 Å². The average molecular weight is 383 g/mol. The van der Waals surface area contributed by atoms with Gasteiger partial charge in [-0.1, -0.05) is 22.9 Å². The molecular weight excluding hydrogens is 364 g/mol. The van der Waals surface area contributed by atoms with Crippen molar-refractivity contribution in [1.82, 2.24) is 0 Å². The Morgan fingerprint density at radius 1 is 1.09 bits per heavy atom. The van der Waals surface area contributed by atoms with Crippen LogP contribution in [0.5, 0.6) is 0 Å². The Kier molecular flexibility index (Phi) is 5.13. The zero-order valence-electron chi connectivity index (χ0n) is 12.8. The Morgan fingerprint density at radius 2 is 1.73 bits per heavy atom. The van der Waals surface area contributed by atoms with Gasteiger partial charge in [-0.2, -0.15) is 0 Å². The van der Waals surface area contributed by atoms with Crippen LogP contribution in [0, 0.1) is 0 Å². The van der Waals surface area contributed by atoms with E-state index < -0.39 is 10.0 Å². The molecule has 2 aromatic rings. The topological polar surface area (TPSA) is 49.4 Å². The molecule has 0 amide bonds. The van der Waals surface area contributed by atoms with Crippen molar-refractivity contribution in [2.24, 2.45) is 0 Å². The molecule has 22 heavy (non-hydrogen) atoms. The summed E-state index contributed by atoms with van der Waals surface area (Å²) in [6.45, 7) is 1.94. The quantitative estimate of drug-likeness (QED) is 0.853. The molecule has 1 N–H and O–H groups in total. The van der Waals surface area contributed by atoms with Crippen LogP contribution in [0.3, 0.4) is 0 Å². The molecule has 118 valence electrons. The monoisotopic (exact) mass is 382 g/mol. The highest BCUT2D eigenvalue weighted by Gasteiger charge is 2.18. The van der Waals surface area contributed by atoms with Crippen LogP contribution in [-0.2, 0) is 16.4 Å². The molecule has 0 saturated carbocycles. The molecule has 0 atom stereocenters. The molecule has 0 fully saturated rings. The van der Waals surface area contributed by atoms with Gasteiger partial charge in [0.2, 0.25) is 0 Å². The van der Waals surface area contributed by atoms with Crippen LogP contribution in [-0.4, -0.2) is 22.5 Å². The summed E-state index contributed by atoms with van der Waals surface area (Å²) >= 11 is 3.37. The maximum Gasteiger partial charge on any atom is 0.262 e. The molecular formula is C16H19BrN2O2S. The Balaban J connectivity index is 2.31. The van der Waals surface area contributed by atoms with E-state index in [4.69, 9.17) is 0 Å². The normalized spacial score (nSPS) is 11.3. The van der Waals surface area contributed by atoms with E-state index in [-0.39, 0.29) is 0 Å². The highest BCUT2D eigenvalue weighted by molar-refractivity contribution is 9.10. The SMILES string of the molecule is CCc1cc(Br)ccc1S(=O)(=O)Nc1ccc(N(C)C)cc1. The molecule has 0 aliphatic carbocycles. The van der Waals surface area contributed by atoms with Crippen LogP contribution in [0.2, 0.25) is 0 Å². The fraction of sp³-hybridized carbons (Fsp3) is 0.250. The third kappa shape index (κ3) is 3.81. The number of halogens is 1. The van der Waals surface area contributed by atoms with E-state index in [2.05, 4.69) is 20.7 Å². The third-order valence-electron chi connectivity index (χ3n) is 3.33. The van der Waals surface area contributed by atoms with Crippen LogP contribution in [0.15, 0.2) is 51.8 Å². The molecule has 0 unspecified atom stereocenters. The summed E-state index contributed by atoms with van der Waals surface area (Å²) in [5.41, 5.74) is 2.35. The largest absolute Gasteiger partial charge is 0.378 e. The van der Waals surface area contributed by atoms with Crippen LogP contribution in [0.25, 0.3) is 0 Å². The Bertz CT molecular complexity index is 756. The van der Waals surface area contributed by atoms with Crippen molar-refractivity contribution in [3.8, 4) is 0 Å². The summed E-state index contributed by atoms with van der Waals surface area (Å²) in [4.78, 5) is 2.28. The van der Waals surface area contributed by atoms with E-state index in [9.17, 15) is 8.42 Å². The van der Waals surface area contributed by atoms with Crippen LogP contribution < -0.4 is 9.62 Å². The van der Waals surface area contributed by atoms with Gasteiger partial charge < -0.3 is 4.90 Å². The van der Waals surface area contributed by atoms with E-state index in [1.165, 1.54) is 0 Å². The predicted octanol–water partition coefficient (Wildman–Crippen LogP) is 3.88. The second-order valence-electron chi connectivity index (χ2n) is 5.15. The molecule has 0 heterocycles. The number of aryl methyl sites for hydroxylation is 1. The number of anilines is 2. The van der Waals surface area contributed by atoms with Crippen molar-refractivity contribution in [2.75, 3.05) is 23.7 Å². The lowest BCUT2D eigenvalue weighted by Gasteiger charge is -2.14. The highest BCUT2D eigenvalue weighted by atomic mass is 79.9. The van der Waals surface area contributed by atoms with Crippen molar-refractivity contribution in [3.05, 3.63) is 52.5 Å². The number of benzene rings is 2. The zero-order valence-corrected chi connectivity index (χ0v) is 15.2.